The second-order valence-corrected chi connectivity index (χ2v) is 5.82. The third kappa shape index (κ3) is 3.84. The summed E-state index contributed by atoms with van der Waals surface area (Å²) in [5.41, 5.74) is 3.32. The Morgan fingerprint density at radius 1 is 1.15 bits per heavy atom. The molecule has 2 aromatic rings. The normalized spacial score (nSPS) is 12.2. The van der Waals surface area contributed by atoms with E-state index in [1.807, 2.05) is 49.4 Å². The van der Waals surface area contributed by atoms with Crippen molar-refractivity contribution in [2.75, 3.05) is 7.11 Å². The van der Waals surface area contributed by atoms with Gasteiger partial charge in [-0.15, -0.1) is 0 Å². The van der Waals surface area contributed by atoms with Gasteiger partial charge in [-0.3, -0.25) is 0 Å². The number of rotatable bonds is 5. The number of aliphatic hydroxyl groups excluding tert-OH is 1. The third-order valence-electron chi connectivity index (χ3n) is 3.46. The maximum absolute atomic E-state index is 10.3. The van der Waals surface area contributed by atoms with Crippen molar-refractivity contribution in [2.45, 2.75) is 25.9 Å². The van der Waals surface area contributed by atoms with Crippen LogP contribution in [0.15, 0.2) is 46.9 Å². The van der Waals surface area contributed by atoms with Gasteiger partial charge in [-0.1, -0.05) is 34.1 Å². The summed E-state index contributed by atoms with van der Waals surface area (Å²) in [5.74, 6) is 0.859. The Bertz CT molecular complexity index is 564. The molecule has 2 aromatic carbocycles. The molecule has 2 rings (SSSR count). The third-order valence-corrected chi connectivity index (χ3v) is 3.95. The van der Waals surface area contributed by atoms with Gasteiger partial charge in [0, 0.05) is 4.47 Å². The minimum absolute atomic E-state index is 0.426. The van der Waals surface area contributed by atoms with Crippen LogP contribution in [0.1, 0.15) is 29.2 Å². The number of benzene rings is 2. The minimum atomic E-state index is -0.426. The summed E-state index contributed by atoms with van der Waals surface area (Å²) in [6.45, 7) is 2.02. The van der Waals surface area contributed by atoms with E-state index in [9.17, 15) is 5.11 Å². The molecule has 0 saturated heterocycles. The first-order valence-electron chi connectivity index (χ1n) is 6.67. The number of halogens is 1. The minimum Gasteiger partial charge on any atom is -0.497 e. The lowest BCUT2D eigenvalue weighted by Crippen LogP contribution is -2.02. The molecule has 0 radical (unpaired) electrons. The lowest BCUT2D eigenvalue weighted by molar-refractivity contribution is 0.167. The highest BCUT2D eigenvalue weighted by atomic mass is 79.9. The first kappa shape index (κ1) is 15.1. The molecule has 20 heavy (non-hydrogen) atoms. The smallest absolute Gasteiger partial charge is 0.118 e. The van der Waals surface area contributed by atoms with Crippen molar-refractivity contribution in [1.29, 1.82) is 0 Å². The average molecular weight is 335 g/mol. The molecule has 0 aromatic heterocycles. The molecule has 0 amide bonds. The standard InChI is InChI=1S/C17H19BrO2/c1-12-11-14(18)6-9-16(12)17(19)10-5-13-3-7-15(20-2)8-4-13/h3-4,6-9,11,17,19H,5,10H2,1-2H3. The van der Waals surface area contributed by atoms with Gasteiger partial charge in [-0.05, 0) is 60.7 Å². The zero-order valence-electron chi connectivity index (χ0n) is 11.8. The van der Waals surface area contributed by atoms with Crippen LogP contribution in [-0.4, -0.2) is 12.2 Å². The van der Waals surface area contributed by atoms with Crippen LogP contribution in [0.2, 0.25) is 0 Å². The van der Waals surface area contributed by atoms with Crippen molar-refractivity contribution in [3.8, 4) is 5.75 Å². The number of ether oxygens (including phenoxy) is 1. The molecule has 0 aliphatic carbocycles. The van der Waals surface area contributed by atoms with E-state index in [2.05, 4.69) is 15.9 Å². The van der Waals surface area contributed by atoms with Gasteiger partial charge in [0.25, 0.3) is 0 Å². The Hall–Kier alpha value is -1.32. The van der Waals surface area contributed by atoms with Crippen LogP contribution in [0.4, 0.5) is 0 Å². The van der Waals surface area contributed by atoms with E-state index in [4.69, 9.17) is 4.74 Å². The van der Waals surface area contributed by atoms with E-state index in [0.717, 1.165) is 34.2 Å². The fourth-order valence-electron chi connectivity index (χ4n) is 2.26. The maximum Gasteiger partial charge on any atom is 0.118 e. The topological polar surface area (TPSA) is 29.5 Å². The molecule has 3 heteroatoms. The molecule has 0 heterocycles. The van der Waals surface area contributed by atoms with Crippen molar-refractivity contribution in [3.05, 3.63) is 63.6 Å². The molecule has 2 nitrogen and oxygen atoms in total. The van der Waals surface area contributed by atoms with Gasteiger partial charge in [-0.2, -0.15) is 0 Å². The molecule has 1 N–H and O–H groups in total. The van der Waals surface area contributed by atoms with Crippen LogP contribution in [0.3, 0.4) is 0 Å². The van der Waals surface area contributed by atoms with Crippen molar-refractivity contribution >= 4 is 15.9 Å². The Labute approximate surface area is 128 Å². The maximum atomic E-state index is 10.3. The van der Waals surface area contributed by atoms with Gasteiger partial charge in [0.15, 0.2) is 0 Å². The van der Waals surface area contributed by atoms with Crippen LogP contribution in [0.25, 0.3) is 0 Å². The highest BCUT2D eigenvalue weighted by molar-refractivity contribution is 9.10. The number of hydrogen-bond donors (Lipinski definition) is 1. The Balaban J connectivity index is 1.98. The van der Waals surface area contributed by atoms with Gasteiger partial charge in [0.2, 0.25) is 0 Å². The molecule has 0 bridgehead atoms. The quantitative estimate of drug-likeness (QED) is 0.876. The van der Waals surface area contributed by atoms with E-state index in [0.29, 0.717) is 0 Å². The number of hydrogen-bond acceptors (Lipinski definition) is 2. The van der Waals surface area contributed by atoms with Crippen molar-refractivity contribution in [1.82, 2.24) is 0 Å². The van der Waals surface area contributed by atoms with E-state index in [1.165, 1.54) is 5.56 Å². The highest BCUT2D eigenvalue weighted by Crippen LogP contribution is 2.25. The molecular weight excluding hydrogens is 316 g/mol. The van der Waals surface area contributed by atoms with Crippen LogP contribution >= 0.6 is 15.9 Å². The van der Waals surface area contributed by atoms with E-state index in [-0.39, 0.29) is 0 Å². The van der Waals surface area contributed by atoms with Crippen molar-refractivity contribution < 1.29 is 9.84 Å². The molecule has 1 atom stereocenters. The summed E-state index contributed by atoms with van der Waals surface area (Å²) < 4.78 is 6.18. The van der Waals surface area contributed by atoms with Crippen molar-refractivity contribution in [2.24, 2.45) is 0 Å². The second kappa shape index (κ2) is 6.91. The molecule has 1 unspecified atom stereocenters. The fraction of sp³-hybridized carbons (Fsp3) is 0.294. The van der Waals surface area contributed by atoms with Crippen LogP contribution in [0, 0.1) is 6.92 Å². The first-order valence-corrected chi connectivity index (χ1v) is 7.46. The van der Waals surface area contributed by atoms with Gasteiger partial charge in [-0.25, -0.2) is 0 Å². The average Bonchev–Trinajstić information content (AvgIpc) is 2.45. The molecule has 0 aliphatic rings. The molecule has 0 fully saturated rings. The van der Waals surface area contributed by atoms with E-state index < -0.39 is 6.10 Å². The summed E-state index contributed by atoms with van der Waals surface area (Å²) in [6.07, 6.45) is 1.14. The molecule has 106 valence electrons. The van der Waals surface area contributed by atoms with Crippen molar-refractivity contribution in [3.63, 3.8) is 0 Å². The SMILES string of the molecule is COc1ccc(CCC(O)c2ccc(Br)cc2C)cc1. The summed E-state index contributed by atoms with van der Waals surface area (Å²) in [7, 11) is 1.66. The lowest BCUT2D eigenvalue weighted by atomic mass is 9.98. The second-order valence-electron chi connectivity index (χ2n) is 4.90. The number of aliphatic hydroxyl groups is 1. The zero-order valence-corrected chi connectivity index (χ0v) is 13.4. The summed E-state index contributed by atoms with van der Waals surface area (Å²) >= 11 is 3.44. The Morgan fingerprint density at radius 2 is 1.85 bits per heavy atom. The predicted octanol–water partition coefficient (Wildman–Crippen LogP) is 4.43. The van der Waals surface area contributed by atoms with E-state index >= 15 is 0 Å². The van der Waals surface area contributed by atoms with Gasteiger partial charge >= 0.3 is 0 Å². The number of methoxy groups -OCH3 is 1. The monoisotopic (exact) mass is 334 g/mol. The highest BCUT2D eigenvalue weighted by Gasteiger charge is 2.10. The molecule has 0 aliphatic heterocycles. The fourth-order valence-corrected chi connectivity index (χ4v) is 2.74. The van der Waals surface area contributed by atoms with Gasteiger partial charge in [0.1, 0.15) is 5.75 Å². The van der Waals surface area contributed by atoms with Crippen LogP contribution in [-0.2, 0) is 6.42 Å². The largest absolute Gasteiger partial charge is 0.497 e. The van der Waals surface area contributed by atoms with Crippen LogP contribution < -0.4 is 4.74 Å². The molecular formula is C17H19BrO2. The lowest BCUT2D eigenvalue weighted by Gasteiger charge is -2.14. The van der Waals surface area contributed by atoms with E-state index in [1.54, 1.807) is 7.11 Å². The van der Waals surface area contributed by atoms with Crippen LogP contribution in [0.5, 0.6) is 5.75 Å². The van der Waals surface area contributed by atoms with Gasteiger partial charge in [0.05, 0.1) is 13.2 Å². The Morgan fingerprint density at radius 3 is 2.45 bits per heavy atom. The number of aryl methyl sites for hydroxylation is 2. The summed E-state index contributed by atoms with van der Waals surface area (Å²) in [6, 6.07) is 14.0. The summed E-state index contributed by atoms with van der Waals surface area (Å²) in [4.78, 5) is 0. The first-order chi connectivity index (χ1) is 9.60. The van der Waals surface area contributed by atoms with Gasteiger partial charge < -0.3 is 9.84 Å². The predicted molar refractivity (Wildman–Crippen MR) is 85.2 cm³/mol. The zero-order chi connectivity index (χ0) is 14.5. The summed E-state index contributed by atoms with van der Waals surface area (Å²) in [5, 5.41) is 10.3. The molecule has 0 spiro atoms. The Kier molecular flexibility index (Phi) is 5.21. The molecule has 0 saturated carbocycles.